The number of hydrogen-bond donors (Lipinski definition) is 1. The average Bonchev–Trinajstić information content (AvgIpc) is 2.41. The Morgan fingerprint density at radius 3 is 2.55 bits per heavy atom. The summed E-state index contributed by atoms with van der Waals surface area (Å²) in [5.41, 5.74) is 5.62. The standard InChI is InChI=1S/C13H24N2O4S/c1-9-6-15(7-10(2)19-9)12(16)8-20-5-4-11(14)13(17)18-3/h9-11H,4-8,14H2,1-3H3. The van der Waals surface area contributed by atoms with E-state index in [1.54, 1.807) is 0 Å². The average molecular weight is 304 g/mol. The molecule has 1 heterocycles. The fourth-order valence-corrected chi connectivity index (χ4v) is 3.03. The lowest BCUT2D eigenvalue weighted by atomic mass is 10.2. The molecular formula is C13H24N2O4S. The SMILES string of the molecule is COC(=O)C(N)CCSCC(=O)N1CC(C)OC(C)C1. The monoisotopic (exact) mass is 304 g/mol. The molecule has 1 rings (SSSR count). The number of esters is 1. The zero-order valence-corrected chi connectivity index (χ0v) is 13.1. The van der Waals surface area contributed by atoms with E-state index in [1.807, 2.05) is 18.7 Å². The lowest BCUT2D eigenvalue weighted by Crippen LogP contribution is -2.48. The van der Waals surface area contributed by atoms with Crippen molar-refractivity contribution in [2.24, 2.45) is 5.73 Å². The number of carbonyl (C=O) groups is 2. The summed E-state index contributed by atoms with van der Waals surface area (Å²) < 4.78 is 10.1. The van der Waals surface area contributed by atoms with Crippen molar-refractivity contribution in [1.29, 1.82) is 0 Å². The number of nitrogens with two attached hydrogens (primary N) is 1. The van der Waals surface area contributed by atoms with E-state index in [0.717, 1.165) is 0 Å². The highest BCUT2D eigenvalue weighted by molar-refractivity contribution is 7.99. The Morgan fingerprint density at radius 2 is 2.00 bits per heavy atom. The number of morpholine rings is 1. The van der Waals surface area contributed by atoms with Gasteiger partial charge in [0.05, 0.1) is 25.1 Å². The Morgan fingerprint density at radius 1 is 1.40 bits per heavy atom. The summed E-state index contributed by atoms with van der Waals surface area (Å²) in [4.78, 5) is 25.0. The summed E-state index contributed by atoms with van der Waals surface area (Å²) in [7, 11) is 1.32. The fraction of sp³-hybridized carbons (Fsp3) is 0.846. The van der Waals surface area contributed by atoms with Gasteiger partial charge in [-0.15, -0.1) is 0 Å². The van der Waals surface area contributed by atoms with Gasteiger partial charge in [0.25, 0.3) is 0 Å². The van der Waals surface area contributed by atoms with Gasteiger partial charge in [-0.1, -0.05) is 0 Å². The van der Waals surface area contributed by atoms with Crippen LogP contribution in [0.3, 0.4) is 0 Å². The lowest BCUT2D eigenvalue weighted by molar-refractivity contribution is -0.142. The Bertz CT molecular complexity index is 330. The highest BCUT2D eigenvalue weighted by Crippen LogP contribution is 2.13. The molecule has 1 aliphatic heterocycles. The van der Waals surface area contributed by atoms with E-state index in [4.69, 9.17) is 10.5 Å². The first-order valence-corrected chi connectivity index (χ1v) is 7.94. The van der Waals surface area contributed by atoms with E-state index in [-0.39, 0.29) is 18.1 Å². The van der Waals surface area contributed by atoms with Crippen LogP contribution in [0.2, 0.25) is 0 Å². The first-order valence-electron chi connectivity index (χ1n) is 6.78. The third kappa shape index (κ3) is 5.68. The molecule has 1 fully saturated rings. The summed E-state index contributed by atoms with van der Waals surface area (Å²) in [5, 5.41) is 0. The van der Waals surface area contributed by atoms with E-state index in [1.165, 1.54) is 18.9 Å². The second-order valence-electron chi connectivity index (χ2n) is 5.03. The quantitative estimate of drug-likeness (QED) is 0.559. The van der Waals surface area contributed by atoms with Gasteiger partial charge in [-0.05, 0) is 26.0 Å². The Kier molecular flexibility index (Phi) is 7.32. The van der Waals surface area contributed by atoms with Gasteiger partial charge in [-0.25, -0.2) is 0 Å². The van der Waals surface area contributed by atoms with E-state index in [9.17, 15) is 9.59 Å². The highest BCUT2D eigenvalue weighted by atomic mass is 32.2. The summed E-state index contributed by atoms with van der Waals surface area (Å²) in [6, 6.07) is -0.606. The van der Waals surface area contributed by atoms with Gasteiger partial charge in [-0.2, -0.15) is 11.8 Å². The fourth-order valence-electron chi connectivity index (χ4n) is 2.11. The number of amides is 1. The maximum absolute atomic E-state index is 12.1. The van der Waals surface area contributed by atoms with Crippen LogP contribution in [-0.2, 0) is 19.1 Å². The first kappa shape index (κ1) is 17.3. The number of ether oxygens (including phenoxy) is 2. The molecule has 0 aromatic heterocycles. The molecule has 0 spiro atoms. The third-order valence-electron chi connectivity index (χ3n) is 3.07. The molecule has 20 heavy (non-hydrogen) atoms. The number of carbonyl (C=O) groups excluding carboxylic acids is 2. The van der Waals surface area contributed by atoms with E-state index in [0.29, 0.717) is 31.0 Å². The lowest BCUT2D eigenvalue weighted by Gasteiger charge is -2.35. The molecule has 0 aromatic carbocycles. The second kappa shape index (κ2) is 8.49. The normalized spacial score (nSPS) is 24.3. The van der Waals surface area contributed by atoms with Crippen LogP contribution >= 0.6 is 11.8 Å². The molecule has 6 nitrogen and oxygen atoms in total. The van der Waals surface area contributed by atoms with Crippen molar-refractivity contribution < 1.29 is 19.1 Å². The number of nitrogens with zero attached hydrogens (tertiary/aromatic N) is 1. The minimum atomic E-state index is -0.606. The van der Waals surface area contributed by atoms with Gasteiger partial charge in [-0.3, -0.25) is 9.59 Å². The van der Waals surface area contributed by atoms with E-state index in [2.05, 4.69) is 4.74 Å². The molecule has 1 aliphatic rings. The minimum absolute atomic E-state index is 0.0837. The first-order chi connectivity index (χ1) is 9.43. The Balaban J connectivity index is 2.21. The zero-order valence-electron chi connectivity index (χ0n) is 12.3. The second-order valence-corrected chi connectivity index (χ2v) is 6.13. The van der Waals surface area contributed by atoms with Gasteiger partial charge in [0.2, 0.25) is 5.91 Å². The maximum Gasteiger partial charge on any atom is 0.322 e. The highest BCUT2D eigenvalue weighted by Gasteiger charge is 2.25. The molecule has 0 bridgehead atoms. The molecule has 3 unspecified atom stereocenters. The van der Waals surface area contributed by atoms with Crippen LogP contribution in [0, 0.1) is 0 Å². The minimum Gasteiger partial charge on any atom is -0.468 e. The number of hydrogen-bond acceptors (Lipinski definition) is 6. The molecule has 116 valence electrons. The van der Waals surface area contributed by atoms with Crippen LogP contribution < -0.4 is 5.73 Å². The Labute approximate surface area is 124 Å². The molecule has 2 N–H and O–H groups in total. The van der Waals surface area contributed by atoms with Crippen molar-refractivity contribution >= 4 is 23.6 Å². The van der Waals surface area contributed by atoms with Crippen molar-refractivity contribution in [2.75, 3.05) is 31.7 Å². The third-order valence-corrected chi connectivity index (χ3v) is 4.05. The molecule has 0 saturated carbocycles. The molecule has 0 aromatic rings. The van der Waals surface area contributed by atoms with Crippen molar-refractivity contribution in [3.8, 4) is 0 Å². The molecule has 0 radical (unpaired) electrons. The largest absolute Gasteiger partial charge is 0.468 e. The summed E-state index contributed by atoms with van der Waals surface area (Å²) in [6.07, 6.45) is 0.682. The molecular weight excluding hydrogens is 280 g/mol. The van der Waals surface area contributed by atoms with Crippen molar-refractivity contribution in [3.05, 3.63) is 0 Å². The van der Waals surface area contributed by atoms with Gasteiger partial charge in [0, 0.05) is 13.1 Å². The van der Waals surface area contributed by atoms with Gasteiger partial charge < -0.3 is 20.1 Å². The predicted molar refractivity (Wildman–Crippen MR) is 78.5 cm³/mol. The summed E-state index contributed by atoms with van der Waals surface area (Å²) in [5.74, 6) is 0.779. The van der Waals surface area contributed by atoms with Crippen LogP contribution in [0.5, 0.6) is 0 Å². The molecule has 1 amide bonds. The van der Waals surface area contributed by atoms with Gasteiger partial charge >= 0.3 is 5.97 Å². The van der Waals surface area contributed by atoms with Crippen LogP contribution in [0.15, 0.2) is 0 Å². The van der Waals surface area contributed by atoms with Crippen molar-refractivity contribution in [2.45, 2.75) is 38.5 Å². The zero-order chi connectivity index (χ0) is 15.1. The van der Waals surface area contributed by atoms with Crippen LogP contribution in [0.4, 0.5) is 0 Å². The summed E-state index contributed by atoms with van der Waals surface area (Å²) >= 11 is 1.49. The molecule has 0 aliphatic carbocycles. The van der Waals surface area contributed by atoms with Crippen LogP contribution in [0.25, 0.3) is 0 Å². The molecule has 3 atom stereocenters. The maximum atomic E-state index is 12.1. The Hall–Kier alpha value is -0.790. The molecule has 1 saturated heterocycles. The van der Waals surface area contributed by atoms with Crippen LogP contribution in [0.1, 0.15) is 20.3 Å². The summed E-state index contributed by atoms with van der Waals surface area (Å²) in [6.45, 7) is 5.23. The number of rotatable bonds is 6. The van der Waals surface area contributed by atoms with Crippen LogP contribution in [-0.4, -0.2) is 66.7 Å². The van der Waals surface area contributed by atoms with Crippen molar-refractivity contribution in [3.63, 3.8) is 0 Å². The predicted octanol–water partition coefficient (Wildman–Crippen LogP) is 0.246. The van der Waals surface area contributed by atoms with Gasteiger partial charge in [0.15, 0.2) is 0 Å². The topological polar surface area (TPSA) is 81.9 Å². The number of thioether (sulfide) groups is 1. The van der Waals surface area contributed by atoms with Crippen molar-refractivity contribution in [1.82, 2.24) is 4.90 Å². The van der Waals surface area contributed by atoms with E-state index < -0.39 is 12.0 Å². The molecule has 7 heteroatoms. The van der Waals surface area contributed by atoms with Gasteiger partial charge in [0.1, 0.15) is 6.04 Å². The smallest absolute Gasteiger partial charge is 0.322 e. The number of methoxy groups -OCH3 is 1. The van der Waals surface area contributed by atoms with E-state index >= 15 is 0 Å².